The van der Waals surface area contributed by atoms with Crippen LogP contribution in [0.1, 0.15) is 6.92 Å². The first-order chi connectivity index (χ1) is 6.81. The van der Waals surface area contributed by atoms with Gasteiger partial charge in [-0.1, -0.05) is 0 Å². The van der Waals surface area contributed by atoms with Gasteiger partial charge in [0, 0.05) is 17.2 Å². The predicted molar refractivity (Wildman–Crippen MR) is 48.6 cm³/mol. The summed E-state index contributed by atoms with van der Waals surface area (Å²) in [5, 5.41) is 19.4. The van der Waals surface area contributed by atoms with Gasteiger partial charge < -0.3 is 4.74 Å². The van der Waals surface area contributed by atoms with E-state index in [2.05, 4.69) is 5.10 Å². The van der Waals surface area contributed by atoms with Gasteiger partial charge in [-0.25, -0.2) is 0 Å². The van der Waals surface area contributed by atoms with Crippen molar-refractivity contribution in [3.8, 4) is 11.9 Å². The molecule has 0 unspecified atom stereocenters. The van der Waals surface area contributed by atoms with E-state index in [-0.39, 0.29) is 5.70 Å². The summed E-state index contributed by atoms with van der Waals surface area (Å²) >= 11 is 0. The summed E-state index contributed by atoms with van der Waals surface area (Å²) in [5.41, 5.74) is 0.0200. The van der Waals surface area contributed by atoms with Crippen LogP contribution in [-0.4, -0.2) is 17.6 Å². The summed E-state index contributed by atoms with van der Waals surface area (Å²) in [6.07, 6.45) is 1.56. The van der Waals surface area contributed by atoms with Crippen LogP contribution in [0.3, 0.4) is 0 Å². The fourth-order valence-corrected chi connectivity index (χ4v) is 0.866. The molecule has 0 aliphatic rings. The SMILES string of the molecule is CCOc1ccc[n+](C(=C=N)C#N)n1. The van der Waals surface area contributed by atoms with Gasteiger partial charge in [0.2, 0.25) is 6.20 Å². The van der Waals surface area contributed by atoms with E-state index in [0.29, 0.717) is 12.5 Å². The lowest BCUT2D eigenvalue weighted by Gasteiger charge is -1.96. The number of aromatic nitrogens is 2. The first-order valence-corrected chi connectivity index (χ1v) is 4.03. The molecule has 0 aliphatic heterocycles. The second-order valence-corrected chi connectivity index (χ2v) is 2.31. The van der Waals surface area contributed by atoms with Crippen molar-refractivity contribution >= 4 is 11.6 Å². The maximum absolute atomic E-state index is 8.63. The average molecular weight is 189 g/mol. The van der Waals surface area contributed by atoms with Gasteiger partial charge in [-0.2, -0.15) is 5.26 Å². The summed E-state index contributed by atoms with van der Waals surface area (Å²) in [6, 6.07) is 5.17. The Bertz CT molecular complexity index is 415. The summed E-state index contributed by atoms with van der Waals surface area (Å²) in [5.74, 6) is 2.40. The third-order valence-corrected chi connectivity index (χ3v) is 1.42. The Morgan fingerprint density at radius 3 is 3.14 bits per heavy atom. The lowest BCUT2D eigenvalue weighted by Crippen LogP contribution is -2.36. The zero-order valence-electron chi connectivity index (χ0n) is 7.69. The molecule has 0 atom stereocenters. The number of hydrogen-bond donors (Lipinski definition) is 1. The molecule has 1 aromatic rings. The Morgan fingerprint density at radius 1 is 1.79 bits per heavy atom. The van der Waals surface area contributed by atoms with Crippen LogP contribution >= 0.6 is 0 Å². The molecule has 14 heavy (non-hydrogen) atoms. The molecule has 0 radical (unpaired) electrons. The summed E-state index contributed by atoms with van der Waals surface area (Å²) in [6.45, 7) is 2.35. The van der Waals surface area contributed by atoms with E-state index in [4.69, 9.17) is 15.4 Å². The summed E-state index contributed by atoms with van der Waals surface area (Å²) in [7, 11) is 0. The highest BCUT2D eigenvalue weighted by Gasteiger charge is 2.12. The van der Waals surface area contributed by atoms with E-state index in [1.165, 1.54) is 4.68 Å². The van der Waals surface area contributed by atoms with Gasteiger partial charge in [0.05, 0.1) is 12.5 Å². The van der Waals surface area contributed by atoms with E-state index >= 15 is 0 Å². The van der Waals surface area contributed by atoms with Crippen LogP contribution in [0.15, 0.2) is 18.3 Å². The Morgan fingerprint density at radius 2 is 2.57 bits per heavy atom. The van der Waals surface area contributed by atoms with Crippen LogP contribution in [0.4, 0.5) is 0 Å². The Kier molecular flexibility index (Phi) is 3.36. The van der Waals surface area contributed by atoms with Crippen LogP contribution in [0.5, 0.6) is 5.88 Å². The van der Waals surface area contributed by atoms with Crippen molar-refractivity contribution in [1.29, 1.82) is 10.7 Å². The number of ether oxygens (including phenoxy) is 1. The molecule has 0 bridgehead atoms. The van der Waals surface area contributed by atoms with Crippen LogP contribution in [0.25, 0.3) is 5.70 Å². The second kappa shape index (κ2) is 4.75. The van der Waals surface area contributed by atoms with E-state index in [9.17, 15) is 0 Å². The molecule has 0 amide bonds. The Balaban J connectivity index is 3.06. The molecule has 0 saturated carbocycles. The Labute approximate surface area is 81.4 Å². The van der Waals surface area contributed by atoms with Gasteiger partial charge in [-0.05, 0) is 11.6 Å². The maximum Gasteiger partial charge on any atom is 0.376 e. The number of nitrogens with one attached hydrogen (secondary N) is 1. The van der Waals surface area contributed by atoms with E-state index in [1.54, 1.807) is 24.4 Å². The van der Waals surface area contributed by atoms with E-state index in [0.717, 1.165) is 0 Å². The maximum atomic E-state index is 8.63. The van der Waals surface area contributed by atoms with Gasteiger partial charge in [0.25, 0.3) is 5.88 Å². The van der Waals surface area contributed by atoms with Crippen molar-refractivity contribution in [2.75, 3.05) is 6.61 Å². The zero-order valence-corrected chi connectivity index (χ0v) is 7.69. The van der Waals surface area contributed by atoms with Crippen molar-refractivity contribution in [2.45, 2.75) is 6.92 Å². The first kappa shape index (κ1) is 9.90. The standard InChI is InChI=1S/C9H9N4O/c1-2-14-9-4-3-5-13(12-9)8(6-10)7-11/h3-5,10H,2H2,1H3/q+1. The van der Waals surface area contributed by atoms with Crippen molar-refractivity contribution in [1.82, 2.24) is 5.10 Å². The minimum Gasteiger partial charge on any atom is -0.474 e. The highest BCUT2D eigenvalue weighted by molar-refractivity contribution is 5.80. The van der Waals surface area contributed by atoms with Crippen molar-refractivity contribution in [3.05, 3.63) is 18.3 Å². The van der Waals surface area contributed by atoms with Crippen LogP contribution in [-0.2, 0) is 0 Å². The van der Waals surface area contributed by atoms with Gasteiger partial charge in [-0.3, -0.25) is 5.41 Å². The normalized spacial score (nSPS) is 8.57. The van der Waals surface area contributed by atoms with Crippen molar-refractivity contribution < 1.29 is 9.42 Å². The molecule has 1 heterocycles. The minimum atomic E-state index is 0.0200. The molecular formula is C9H9N4O+. The molecule has 70 valence electrons. The molecule has 0 spiro atoms. The van der Waals surface area contributed by atoms with Gasteiger partial charge in [-0.15, -0.1) is 0 Å². The quantitative estimate of drug-likeness (QED) is 0.424. The molecule has 5 nitrogen and oxygen atoms in total. The van der Waals surface area contributed by atoms with Crippen LogP contribution < -0.4 is 9.42 Å². The molecule has 0 aromatic carbocycles. The zero-order chi connectivity index (χ0) is 10.4. The number of nitrogens with zero attached hydrogens (tertiary/aromatic N) is 3. The third kappa shape index (κ3) is 2.16. The van der Waals surface area contributed by atoms with Gasteiger partial charge in [0.15, 0.2) is 6.07 Å². The molecule has 1 N–H and O–H groups in total. The number of allylic oxidation sites excluding steroid dienone is 1. The largest absolute Gasteiger partial charge is 0.474 e. The summed E-state index contributed by atoms with van der Waals surface area (Å²) in [4.78, 5) is 0. The number of nitriles is 1. The number of rotatable bonds is 3. The average Bonchev–Trinajstić information content (AvgIpc) is 2.21. The lowest BCUT2D eigenvalue weighted by atomic mass is 10.5. The molecular weight excluding hydrogens is 180 g/mol. The summed E-state index contributed by atoms with van der Waals surface area (Å²) < 4.78 is 6.39. The van der Waals surface area contributed by atoms with Gasteiger partial charge in [0.1, 0.15) is 0 Å². The monoisotopic (exact) mass is 189 g/mol. The molecule has 0 saturated heterocycles. The number of hydrogen-bond acceptors (Lipinski definition) is 4. The first-order valence-electron chi connectivity index (χ1n) is 4.03. The van der Waals surface area contributed by atoms with E-state index in [1.807, 2.05) is 12.8 Å². The fraction of sp³-hybridized carbons (Fsp3) is 0.222. The predicted octanol–water partition coefficient (Wildman–Crippen LogP) is 0.381. The fourth-order valence-electron chi connectivity index (χ4n) is 0.866. The highest BCUT2D eigenvalue weighted by Crippen LogP contribution is 2.00. The lowest BCUT2D eigenvalue weighted by molar-refractivity contribution is -0.642. The topological polar surface area (TPSA) is 73.6 Å². The molecule has 0 aliphatic carbocycles. The molecule has 5 heteroatoms. The highest BCUT2D eigenvalue weighted by atomic mass is 16.5. The Hall–Kier alpha value is -2.18. The van der Waals surface area contributed by atoms with E-state index < -0.39 is 0 Å². The molecule has 1 rings (SSSR count). The second-order valence-electron chi connectivity index (χ2n) is 2.31. The third-order valence-electron chi connectivity index (χ3n) is 1.42. The van der Waals surface area contributed by atoms with Crippen molar-refractivity contribution in [2.24, 2.45) is 0 Å². The van der Waals surface area contributed by atoms with Crippen LogP contribution in [0, 0.1) is 16.7 Å². The van der Waals surface area contributed by atoms with Crippen LogP contribution in [0.2, 0.25) is 0 Å². The van der Waals surface area contributed by atoms with Crippen molar-refractivity contribution in [3.63, 3.8) is 0 Å². The van der Waals surface area contributed by atoms with Gasteiger partial charge >= 0.3 is 5.70 Å². The molecule has 0 fully saturated rings. The smallest absolute Gasteiger partial charge is 0.376 e. The molecule has 1 aromatic heterocycles. The minimum absolute atomic E-state index is 0.0200.